The van der Waals surface area contributed by atoms with Gasteiger partial charge in [-0.25, -0.2) is 0 Å². The molecule has 0 atom stereocenters. The standard InChI is InChI=1S/C11H15N3O4S/c1-14(2)11-12-8-5-7(17-3)6-9(18-4)10(8)19(15,16)13-11/h5-6H,1-4H3,(H,12,13). The van der Waals surface area contributed by atoms with Crippen LogP contribution in [0.1, 0.15) is 0 Å². The van der Waals surface area contributed by atoms with Gasteiger partial charge in [-0.15, -0.1) is 4.40 Å². The topological polar surface area (TPSA) is 80.2 Å². The first kappa shape index (κ1) is 13.5. The van der Waals surface area contributed by atoms with Gasteiger partial charge in [0.05, 0.1) is 19.9 Å². The fourth-order valence-corrected chi connectivity index (χ4v) is 3.01. The zero-order valence-corrected chi connectivity index (χ0v) is 11.9. The fraction of sp³-hybridized carbons (Fsp3) is 0.364. The third-order valence-electron chi connectivity index (χ3n) is 2.62. The van der Waals surface area contributed by atoms with E-state index >= 15 is 0 Å². The number of benzene rings is 1. The van der Waals surface area contributed by atoms with Gasteiger partial charge < -0.3 is 19.7 Å². The first-order valence-electron chi connectivity index (χ1n) is 5.44. The Morgan fingerprint density at radius 2 is 1.89 bits per heavy atom. The van der Waals surface area contributed by atoms with Gasteiger partial charge in [0.15, 0.2) is 4.90 Å². The highest BCUT2D eigenvalue weighted by Crippen LogP contribution is 2.39. The fourth-order valence-electron chi connectivity index (χ4n) is 1.70. The van der Waals surface area contributed by atoms with Crippen LogP contribution in [0.5, 0.6) is 11.5 Å². The molecule has 0 amide bonds. The maximum absolute atomic E-state index is 12.2. The van der Waals surface area contributed by atoms with Crippen LogP contribution in [0.25, 0.3) is 0 Å². The lowest BCUT2D eigenvalue weighted by atomic mass is 10.2. The molecule has 0 aromatic heterocycles. The number of fused-ring (bicyclic) bond motifs is 1. The molecule has 0 spiro atoms. The van der Waals surface area contributed by atoms with E-state index in [4.69, 9.17) is 9.47 Å². The van der Waals surface area contributed by atoms with Crippen LogP contribution in [0, 0.1) is 0 Å². The molecule has 1 heterocycles. The summed E-state index contributed by atoms with van der Waals surface area (Å²) in [6.07, 6.45) is 0. The number of hydrogen-bond acceptors (Lipinski definition) is 6. The minimum atomic E-state index is -3.80. The highest BCUT2D eigenvalue weighted by atomic mass is 32.2. The summed E-state index contributed by atoms with van der Waals surface area (Å²) in [7, 11) is 2.49. The van der Waals surface area contributed by atoms with Crippen molar-refractivity contribution in [2.45, 2.75) is 4.90 Å². The molecular formula is C11H15N3O4S. The number of sulfonamides is 1. The lowest BCUT2D eigenvalue weighted by Gasteiger charge is -2.24. The predicted molar refractivity (Wildman–Crippen MR) is 71.5 cm³/mol. The number of nitrogens with zero attached hydrogens (tertiary/aromatic N) is 2. The average molecular weight is 285 g/mol. The first-order valence-corrected chi connectivity index (χ1v) is 6.88. The Morgan fingerprint density at radius 3 is 2.42 bits per heavy atom. The summed E-state index contributed by atoms with van der Waals surface area (Å²) in [6, 6.07) is 3.10. The molecule has 0 aliphatic carbocycles. The van der Waals surface area contributed by atoms with E-state index < -0.39 is 10.0 Å². The van der Waals surface area contributed by atoms with Crippen molar-refractivity contribution in [3.63, 3.8) is 0 Å². The van der Waals surface area contributed by atoms with Crippen LogP contribution in [-0.2, 0) is 10.0 Å². The minimum absolute atomic E-state index is 0.0152. The SMILES string of the molecule is COc1cc2c(c(OC)c1)S(=O)(=O)N=C(N(C)C)N2. The van der Waals surface area contributed by atoms with Gasteiger partial charge in [-0.3, -0.25) is 0 Å². The number of methoxy groups -OCH3 is 2. The molecule has 0 radical (unpaired) electrons. The molecule has 19 heavy (non-hydrogen) atoms. The molecule has 8 heteroatoms. The Morgan fingerprint density at radius 1 is 1.21 bits per heavy atom. The van der Waals surface area contributed by atoms with E-state index in [-0.39, 0.29) is 16.6 Å². The maximum Gasteiger partial charge on any atom is 0.291 e. The average Bonchev–Trinajstić information content (AvgIpc) is 2.35. The second-order valence-corrected chi connectivity index (χ2v) is 5.66. The summed E-state index contributed by atoms with van der Waals surface area (Å²) in [5, 5.41) is 2.94. The molecular weight excluding hydrogens is 270 g/mol. The van der Waals surface area contributed by atoms with E-state index in [1.54, 1.807) is 25.1 Å². The molecule has 0 saturated heterocycles. The van der Waals surface area contributed by atoms with Crippen molar-refractivity contribution in [1.29, 1.82) is 0 Å². The monoisotopic (exact) mass is 285 g/mol. The minimum Gasteiger partial charge on any atom is -0.497 e. The van der Waals surface area contributed by atoms with Crippen molar-refractivity contribution in [1.82, 2.24) is 4.90 Å². The molecule has 1 aliphatic heterocycles. The number of nitrogens with one attached hydrogen (secondary N) is 1. The van der Waals surface area contributed by atoms with Gasteiger partial charge in [-0.1, -0.05) is 0 Å². The summed E-state index contributed by atoms with van der Waals surface area (Å²) in [5.41, 5.74) is 0.384. The van der Waals surface area contributed by atoms with E-state index in [1.165, 1.54) is 20.3 Å². The normalized spacial score (nSPS) is 15.9. The summed E-state index contributed by atoms with van der Waals surface area (Å²) in [5.74, 6) is 0.935. The van der Waals surface area contributed by atoms with Crippen LogP contribution in [0.2, 0.25) is 0 Å². The lowest BCUT2D eigenvalue weighted by Crippen LogP contribution is -2.33. The van der Waals surface area contributed by atoms with E-state index in [9.17, 15) is 8.42 Å². The number of rotatable bonds is 2. The van der Waals surface area contributed by atoms with Crippen molar-refractivity contribution in [2.75, 3.05) is 33.6 Å². The van der Waals surface area contributed by atoms with E-state index in [0.717, 1.165) is 0 Å². The number of ether oxygens (including phenoxy) is 2. The van der Waals surface area contributed by atoms with Crippen LogP contribution in [0.15, 0.2) is 21.4 Å². The van der Waals surface area contributed by atoms with Crippen molar-refractivity contribution in [2.24, 2.45) is 4.40 Å². The molecule has 2 rings (SSSR count). The van der Waals surface area contributed by atoms with Gasteiger partial charge in [0.2, 0.25) is 5.96 Å². The zero-order chi connectivity index (χ0) is 14.2. The third-order valence-corrected chi connectivity index (χ3v) is 3.97. The third kappa shape index (κ3) is 2.30. The van der Waals surface area contributed by atoms with Crippen LogP contribution in [-0.4, -0.2) is 47.6 Å². The smallest absolute Gasteiger partial charge is 0.291 e. The Balaban J connectivity index is 2.68. The van der Waals surface area contributed by atoms with Gasteiger partial charge in [0.25, 0.3) is 10.0 Å². The Kier molecular flexibility index (Phi) is 3.27. The molecule has 0 unspecified atom stereocenters. The molecule has 7 nitrogen and oxygen atoms in total. The molecule has 1 aliphatic rings. The quantitative estimate of drug-likeness (QED) is 0.863. The van der Waals surface area contributed by atoms with Crippen LogP contribution in [0.4, 0.5) is 5.69 Å². The van der Waals surface area contributed by atoms with Crippen LogP contribution in [0.3, 0.4) is 0 Å². The number of anilines is 1. The van der Waals surface area contributed by atoms with Crippen molar-refractivity contribution < 1.29 is 17.9 Å². The highest BCUT2D eigenvalue weighted by molar-refractivity contribution is 7.90. The van der Waals surface area contributed by atoms with Gasteiger partial charge in [-0.2, -0.15) is 8.42 Å². The summed E-state index contributed by atoms with van der Waals surface area (Å²) in [4.78, 5) is 1.59. The molecule has 1 aromatic carbocycles. The lowest BCUT2D eigenvalue weighted by molar-refractivity contribution is 0.386. The van der Waals surface area contributed by atoms with Crippen molar-refractivity contribution in [3.8, 4) is 11.5 Å². The van der Waals surface area contributed by atoms with E-state index in [2.05, 4.69) is 9.71 Å². The Labute approximate surface area is 111 Å². The van der Waals surface area contributed by atoms with E-state index in [0.29, 0.717) is 11.4 Å². The van der Waals surface area contributed by atoms with E-state index in [1.807, 2.05) is 0 Å². The van der Waals surface area contributed by atoms with Gasteiger partial charge in [0.1, 0.15) is 11.5 Å². The summed E-state index contributed by atoms with van der Waals surface area (Å²) >= 11 is 0. The summed E-state index contributed by atoms with van der Waals surface area (Å²) in [6.45, 7) is 0. The molecule has 104 valence electrons. The highest BCUT2D eigenvalue weighted by Gasteiger charge is 2.30. The van der Waals surface area contributed by atoms with Gasteiger partial charge in [-0.05, 0) is 0 Å². The molecule has 1 aromatic rings. The predicted octanol–water partition coefficient (Wildman–Crippen LogP) is 0.736. The largest absolute Gasteiger partial charge is 0.497 e. The number of hydrogen-bond donors (Lipinski definition) is 1. The van der Waals surface area contributed by atoms with Gasteiger partial charge >= 0.3 is 0 Å². The maximum atomic E-state index is 12.2. The Bertz CT molecular complexity index is 638. The second-order valence-electron chi connectivity index (χ2n) is 4.12. The zero-order valence-electron chi connectivity index (χ0n) is 11.1. The van der Waals surface area contributed by atoms with Crippen LogP contribution < -0.4 is 14.8 Å². The van der Waals surface area contributed by atoms with Crippen molar-refractivity contribution in [3.05, 3.63) is 12.1 Å². The van der Waals surface area contributed by atoms with Crippen molar-refractivity contribution >= 4 is 21.7 Å². The first-order chi connectivity index (χ1) is 8.89. The number of guanidine groups is 1. The molecule has 0 saturated carbocycles. The Hall–Kier alpha value is -1.96. The second kappa shape index (κ2) is 4.61. The molecule has 0 bridgehead atoms. The van der Waals surface area contributed by atoms with Gasteiger partial charge in [0, 0.05) is 26.2 Å². The summed E-state index contributed by atoms with van der Waals surface area (Å²) < 4.78 is 38.3. The molecule has 1 N–H and O–H groups in total. The molecule has 0 fully saturated rings. The van der Waals surface area contributed by atoms with Crippen LogP contribution >= 0.6 is 0 Å².